The van der Waals surface area contributed by atoms with Crippen molar-refractivity contribution < 1.29 is 0 Å². The highest BCUT2D eigenvalue weighted by molar-refractivity contribution is 9.10. The average Bonchev–Trinajstić information content (AvgIpc) is 2.40. The van der Waals surface area contributed by atoms with E-state index in [2.05, 4.69) is 96.4 Å². The number of rotatable bonds is 4. The summed E-state index contributed by atoms with van der Waals surface area (Å²) in [6.45, 7) is 2.29. The second-order valence-corrected chi connectivity index (χ2v) is 6.08. The molecular formula is C17H20BrN. The van der Waals surface area contributed by atoms with Crippen molar-refractivity contribution in [3.8, 4) is 0 Å². The maximum Gasteiger partial charge on any atom is 0.0407 e. The summed E-state index contributed by atoms with van der Waals surface area (Å²) < 4.78 is 1.13. The van der Waals surface area contributed by atoms with Crippen molar-refractivity contribution in [1.29, 1.82) is 0 Å². The van der Waals surface area contributed by atoms with Gasteiger partial charge in [-0.1, -0.05) is 65.3 Å². The highest BCUT2D eigenvalue weighted by atomic mass is 79.9. The molecule has 0 aliphatic rings. The molecule has 0 aromatic heterocycles. The van der Waals surface area contributed by atoms with Gasteiger partial charge < -0.3 is 4.90 Å². The van der Waals surface area contributed by atoms with E-state index < -0.39 is 0 Å². The molecule has 2 aromatic rings. The van der Waals surface area contributed by atoms with Gasteiger partial charge in [-0.25, -0.2) is 0 Å². The highest BCUT2D eigenvalue weighted by Crippen LogP contribution is 2.34. The lowest BCUT2D eigenvalue weighted by atomic mass is 9.88. The summed E-state index contributed by atoms with van der Waals surface area (Å²) in [5.41, 5.74) is 2.73. The molecule has 0 spiro atoms. The summed E-state index contributed by atoms with van der Waals surface area (Å²) in [7, 11) is 4.29. The van der Waals surface area contributed by atoms with Crippen LogP contribution in [0.4, 0.5) is 0 Å². The van der Waals surface area contributed by atoms with Gasteiger partial charge in [0.1, 0.15) is 0 Å². The van der Waals surface area contributed by atoms with Crippen molar-refractivity contribution in [3.05, 3.63) is 70.2 Å². The Morgan fingerprint density at radius 3 is 1.95 bits per heavy atom. The fourth-order valence-corrected chi connectivity index (χ4v) is 2.90. The van der Waals surface area contributed by atoms with E-state index in [1.165, 1.54) is 11.1 Å². The molecule has 2 unspecified atom stereocenters. The lowest BCUT2D eigenvalue weighted by molar-refractivity contribution is 0.265. The van der Waals surface area contributed by atoms with Gasteiger partial charge in [0.2, 0.25) is 0 Å². The fraction of sp³-hybridized carbons (Fsp3) is 0.294. The molecule has 0 aliphatic heterocycles. The molecule has 2 rings (SSSR count). The van der Waals surface area contributed by atoms with Crippen LogP contribution < -0.4 is 0 Å². The molecule has 2 heteroatoms. The van der Waals surface area contributed by atoms with Crippen molar-refractivity contribution >= 4 is 15.9 Å². The number of hydrogen-bond donors (Lipinski definition) is 0. The van der Waals surface area contributed by atoms with E-state index >= 15 is 0 Å². The first kappa shape index (κ1) is 14.3. The van der Waals surface area contributed by atoms with Crippen molar-refractivity contribution in [1.82, 2.24) is 4.90 Å². The molecule has 1 nitrogen and oxygen atoms in total. The summed E-state index contributed by atoms with van der Waals surface area (Å²) in [6.07, 6.45) is 0. The third kappa shape index (κ3) is 3.46. The van der Waals surface area contributed by atoms with Crippen molar-refractivity contribution in [2.75, 3.05) is 14.1 Å². The first-order valence-corrected chi connectivity index (χ1v) is 7.35. The second kappa shape index (κ2) is 6.36. The number of halogens is 1. The lowest BCUT2D eigenvalue weighted by Crippen LogP contribution is -2.24. The normalized spacial score (nSPS) is 14.4. The Morgan fingerprint density at radius 2 is 1.42 bits per heavy atom. The van der Waals surface area contributed by atoms with Crippen LogP contribution >= 0.6 is 15.9 Å². The van der Waals surface area contributed by atoms with E-state index in [0.29, 0.717) is 12.0 Å². The van der Waals surface area contributed by atoms with Crippen LogP contribution in [0.15, 0.2) is 59.1 Å². The summed E-state index contributed by atoms with van der Waals surface area (Å²) in [4.78, 5) is 2.29. The SMILES string of the molecule is CC(c1ccc(Br)cc1)C(c1ccccc1)N(C)C. The first-order valence-electron chi connectivity index (χ1n) is 6.56. The van der Waals surface area contributed by atoms with E-state index in [1.807, 2.05) is 0 Å². The first-order chi connectivity index (χ1) is 9.09. The third-order valence-corrected chi connectivity index (χ3v) is 4.10. The Morgan fingerprint density at radius 1 is 0.842 bits per heavy atom. The van der Waals surface area contributed by atoms with Crippen LogP contribution in [-0.4, -0.2) is 19.0 Å². The molecule has 0 fully saturated rings. The Bertz CT molecular complexity index is 505. The second-order valence-electron chi connectivity index (χ2n) is 5.16. The maximum atomic E-state index is 3.50. The van der Waals surface area contributed by atoms with E-state index in [9.17, 15) is 0 Å². The topological polar surface area (TPSA) is 3.24 Å². The van der Waals surface area contributed by atoms with Crippen molar-refractivity contribution in [2.24, 2.45) is 0 Å². The van der Waals surface area contributed by atoms with E-state index in [4.69, 9.17) is 0 Å². The zero-order chi connectivity index (χ0) is 13.8. The molecule has 0 aliphatic carbocycles. The molecule has 0 radical (unpaired) electrons. The Kier molecular flexibility index (Phi) is 4.78. The summed E-state index contributed by atoms with van der Waals surface area (Å²) in [5, 5.41) is 0. The van der Waals surface area contributed by atoms with Gasteiger partial charge >= 0.3 is 0 Å². The number of benzene rings is 2. The summed E-state index contributed by atoms with van der Waals surface area (Å²) in [5.74, 6) is 0.450. The predicted molar refractivity (Wildman–Crippen MR) is 85.4 cm³/mol. The van der Waals surface area contributed by atoms with Crippen molar-refractivity contribution in [3.63, 3.8) is 0 Å². The van der Waals surface area contributed by atoms with E-state index in [1.54, 1.807) is 0 Å². The van der Waals surface area contributed by atoms with Crippen LogP contribution in [0.1, 0.15) is 30.0 Å². The number of nitrogens with zero attached hydrogens (tertiary/aromatic N) is 1. The van der Waals surface area contributed by atoms with E-state index in [-0.39, 0.29) is 0 Å². The van der Waals surface area contributed by atoms with Gasteiger partial charge in [0.15, 0.2) is 0 Å². The minimum Gasteiger partial charge on any atom is -0.302 e. The zero-order valence-electron chi connectivity index (χ0n) is 11.7. The van der Waals surface area contributed by atoms with Gasteiger partial charge in [0.25, 0.3) is 0 Å². The molecular weight excluding hydrogens is 298 g/mol. The Labute approximate surface area is 124 Å². The zero-order valence-corrected chi connectivity index (χ0v) is 13.3. The largest absolute Gasteiger partial charge is 0.302 e. The highest BCUT2D eigenvalue weighted by Gasteiger charge is 2.22. The van der Waals surface area contributed by atoms with Gasteiger partial charge in [0, 0.05) is 16.4 Å². The van der Waals surface area contributed by atoms with Gasteiger partial charge in [0.05, 0.1) is 0 Å². The number of hydrogen-bond acceptors (Lipinski definition) is 1. The summed E-state index contributed by atoms with van der Waals surface area (Å²) in [6, 6.07) is 19.7. The monoisotopic (exact) mass is 317 g/mol. The standard InChI is InChI=1S/C17H20BrN/c1-13(14-9-11-16(18)12-10-14)17(19(2)3)15-7-5-4-6-8-15/h4-13,17H,1-3H3. The maximum absolute atomic E-state index is 3.50. The lowest BCUT2D eigenvalue weighted by Gasteiger charge is -2.31. The quantitative estimate of drug-likeness (QED) is 0.778. The van der Waals surface area contributed by atoms with Crippen LogP contribution in [0.2, 0.25) is 0 Å². The molecule has 0 saturated heterocycles. The van der Waals surface area contributed by atoms with Gasteiger partial charge in [-0.3, -0.25) is 0 Å². The van der Waals surface area contributed by atoms with Crippen LogP contribution in [0.5, 0.6) is 0 Å². The van der Waals surface area contributed by atoms with Crippen molar-refractivity contribution in [2.45, 2.75) is 18.9 Å². The molecule has 0 bridgehead atoms. The van der Waals surface area contributed by atoms with Crippen LogP contribution in [-0.2, 0) is 0 Å². The molecule has 0 N–H and O–H groups in total. The van der Waals surface area contributed by atoms with Crippen LogP contribution in [0.3, 0.4) is 0 Å². The summed E-state index contributed by atoms with van der Waals surface area (Å²) >= 11 is 3.50. The minimum absolute atomic E-state index is 0.391. The minimum atomic E-state index is 0.391. The third-order valence-electron chi connectivity index (χ3n) is 3.57. The molecule has 2 aromatic carbocycles. The van der Waals surface area contributed by atoms with Gasteiger partial charge in [-0.2, -0.15) is 0 Å². The fourth-order valence-electron chi connectivity index (χ4n) is 2.63. The Balaban J connectivity index is 2.32. The Hall–Kier alpha value is -1.12. The number of likely N-dealkylation sites (N-methyl/N-ethyl adjacent to an activating group) is 1. The van der Waals surface area contributed by atoms with Gasteiger partial charge in [-0.05, 0) is 37.4 Å². The molecule has 0 saturated carbocycles. The molecule has 2 atom stereocenters. The van der Waals surface area contributed by atoms with E-state index in [0.717, 1.165) is 4.47 Å². The molecule has 19 heavy (non-hydrogen) atoms. The average molecular weight is 318 g/mol. The molecule has 0 amide bonds. The van der Waals surface area contributed by atoms with Gasteiger partial charge in [-0.15, -0.1) is 0 Å². The predicted octanol–water partition coefficient (Wildman–Crippen LogP) is 4.86. The van der Waals surface area contributed by atoms with Crippen LogP contribution in [0.25, 0.3) is 0 Å². The smallest absolute Gasteiger partial charge is 0.0407 e. The van der Waals surface area contributed by atoms with Crippen LogP contribution in [0, 0.1) is 0 Å². The molecule has 100 valence electrons. The molecule has 0 heterocycles.